The Hall–Kier alpha value is -0.990. The molecule has 1 heterocycles. The third-order valence-electron chi connectivity index (χ3n) is 4.19. The van der Waals surface area contributed by atoms with Gasteiger partial charge < -0.3 is 10.3 Å². The van der Waals surface area contributed by atoms with Crippen molar-refractivity contribution in [2.24, 2.45) is 5.73 Å². The van der Waals surface area contributed by atoms with Crippen molar-refractivity contribution in [3.8, 4) is 0 Å². The Morgan fingerprint density at radius 1 is 1.19 bits per heavy atom. The Morgan fingerprint density at radius 3 is 2.71 bits per heavy atom. The summed E-state index contributed by atoms with van der Waals surface area (Å²) in [7, 11) is 0. The number of aryl methyl sites for hydroxylation is 1. The first-order valence-corrected chi connectivity index (χ1v) is 8.56. The van der Waals surface area contributed by atoms with Gasteiger partial charge in [-0.2, -0.15) is 0 Å². The van der Waals surface area contributed by atoms with Crippen molar-refractivity contribution in [3.05, 3.63) is 35.0 Å². The minimum atomic E-state index is 0.236. The van der Waals surface area contributed by atoms with Crippen LogP contribution in [0.2, 0.25) is 5.02 Å². The fourth-order valence-corrected chi connectivity index (χ4v) is 2.99. The second-order valence-electron chi connectivity index (χ2n) is 5.94. The predicted octanol–water partition coefficient (Wildman–Crippen LogP) is 5.15. The number of benzene rings is 1. The van der Waals surface area contributed by atoms with Crippen LogP contribution in [-0.2, 0) is 13.0 Å². The average molecular weight is 307 g/mol. The number of nitrogens with zero attached hydrogens (tertiary/aromatic N) is 1. The lowest BCUT2D eigenvalue weighted by atomic mass is 10.0. The van der Waals surface area contributed by atoms with Gasteiger partial charge in [0.25, 0.3) is 0 Å². The van der Waals surface area contributed by atoms with Crippen LogP contribution in [0.1, 0.15) is 51.5 Å². The van der Waals surface area contributed by atoms with Gasteiger partial charge in [0.2, 0.25) is 0 Å². The molecule has 0 amide bonds. The molecular formula is C18H27ClN2. The quantitative estimate of drug-likeness (QED) is 0.671. The molecule has 1 aromatic carbocycles. The highest BCUT2D eigenvalue weighted by atomic mass is 35.5. The van der Waals surface area contributed by atoms with Crippen molar-refractivity contribution in [2.75, 3.05) is 0 Å². The Morgan fingerprint density at radius 2 is 2.00 bits per heavy atom. The highest BCUT2D eigenvalue weighted by Gasteiger charge is 2.11. The standard InChI is InChI=1S/C18H27ClN2/c1-3-5-6-7-10-21-13-14(11-16(20)4-2)17-9-8-15(19)12-18(17)21/h8-9,12-13,16H,3-7,10-11,20H2,1-2H3. The van der Waals surface area contributed by atoms with Gasteiger partial charge >= 0.3 is 0 Å². The summed E-state index contributed by atoms with van der Waals surface area (Å²) in [6.07, 6.45) is 9.34. The van der Waals surface area contributed by atoms with Crippen LogP contribution in [0.5, 0.6) is 0 Å². The van der Waals surface area contributed by atoms with Crippen LogP contribution in [0.25, 0.3) is 10.9 Å². The minimum absolute atomic E-state index is 0.236. The molecular weight excluding hydrogens is 280 g/mol. The Balaban J connectivity index is 2.24. The molecule has 0 aliphatic heterocycles. The first-order valence-electron chi connectivity index (χ1n) is 8.18. The zero-order valence-electron chi connectivity index (χ0n) is 13.2. The largest absolute Gasteiger partial charge is 0.347 e. The van der Waals surface area contributed by atoms with Crippen molar-refractivity contribution in [1.29, 1.82) is 0 Å². The number of nitrogens with two attached hydrogens (primary N) is 1. The highest BCUT2D eigenvalue weighted by molar-refractivity contribution is 6.31. The smallest absolute Gasteiger partial charge is 0.0498 e. The fourth-order valence-electron chi connectivity index (χ4n) is 2.82. The Labute approximate surface area is 133 Å². The van der Waals surface area contributed by atoms with E-state index in [1.165, 1.54) is 42.1 Å². The summed E-state index contributed by atoms with van der Waals surface area (Å²) >= 11 is 6.18. The number of aromatic nitrogens is 1. The third kappa shape index (κ3) is 4.24. The van der Waals surface area contributed by atoms with Crippen LogP contribution in [0.3, 0.4) is 0 Å². The summed E-state index contributed by atoms with van der Waals surface area (Å²) in [5, 5.41) is 2.11. The maximum atomic E-state index is 6.18. The van der Waals surface area contributed by atoms with Crippen molar-refractivity contribution in [3.63, 3.8) is 0 Å². The lowest BCUT2D eigenvalue weighted by Gasteiger charge is -2.06. The summed E-state index contributed by atoms with van der Waals surface area (Å²) in [6.45, 7) is 5.46. The first-order chi connectivity index (χ1) is 10.2. The molecule has 116 valence electrons. The topological polar surface area (TPSA) is 30.9 Å². The zero-order chi connectivity index (χ0) is 15.2. The number of unbranched alkanes of at least 4 members (excludes halogenated alkanes) is 3. The van der Waals surface area contributed by atoms with Gasteiger partial charge in [0.15, 0.2) is 0 Å². The minimum Gasteiger partial charge on any atom is -0.347 e. The van der Waals surface area contributed by atoms with Crippen LogP contribution in [-0.4, -0.2) is 10.6 Å². The summed E-state index contributed by atoms with van der Waals surface area (Å²) < 4.78 is 2.36. The van der Waals surface area contributed by atoms with E-state index in [0.29, 0.717) is 0 Å². The maximum Gasteiger partial charge on any atom is 0.0498 e. The molecule has 3 heteroatoms. The normalized spacial score (nSPS) is 13.0. The molecule has 0 bridgehead atoms. The molecule has 2 rings (SSSR count). The van der Waals surface area contributed by atoms with Gasteiger partial charge in [0.1, 0.15) is 0 Å². The lowest BCUT2D eigenvalue weighted by molar-refractivity contribution is 0.590. The first kappa shape index (κ1) is 16.4. The van der Waals surface area contributed by atoms with Crippen molar-refractivity contribution in [2.45, 2.75) is 65.0 Å². The molecule has 2 nitrogen and oxygen atoms in total. The maximum absolute atomic E-state index is 6.18. The number of hydrogen-bond acceptors (Lipinski definition) is 1. The van der Waals surface area contributed by atoms with E-state index in [4.69, 9.17) is 17.3 Å². The zero-order valence-corrected chi connectivity index (χ0v) is 14.0. The summed E-state index contributed by atoms with van der Waals surface area (Å²) in [5.74, 6) is 0. The van der Waals surface area contributed by atoms with E-state index < -0.39 is 0 Å². The van der Waals surface area contributed by atoms with E-state index in [0.717, 1.165) is 24.4 Å². The molecule has 0 saturated carbocycles. The van der Waals surface area contributed by atoms with Crippen molar-refractivity contribution in [1.82, 2.24) is 4.57 Å². The number of hydrogen-bond donors (Lipinski definition) is 1. The molecule has 0 saturated heterocycles. The second kappa shape index (κ2) is 7.86. The molecule has 0 spiro atoms. The second-order valence-corrected chi connectivity index (χ2v) is 6.38. The van der Waals surface area contributed by atoms with E-state index in [1.54, 1.807) is 0 Å². The number of fused-ring (bicyclic) bond motifs is 1. The molecule has 2 N–H and O–H groups in total. The van der Waals surface area contributed by atoms with Gasteiger partial charge in [-0.15, -0.1) is 0 Å². The number of rotatable bonds is 8. The van der Waals surface area contributed by atoms with E-state index in [1.807, 2.05) is 6.07 Å². The van der Waals surface area contributed by atoms with Gasteiger partial charge in [-0.1, -0.05) is 50.8 Å². The molecule has 0 radical (unpaired) electrons. The molecule has 2 aromatic rings. The Kier molecular flexibility index (Phi) is 6.13. The molecule has 1 atom stereocenters. The Bertz CT molecular complexity index is 574. The molecule has 0 aliphatic carbocycles. The average Bonchev–Trinajstić information content (AvgIpc) is 2.80. The van der Waals surface area contributed by atoms with E-state index >= 15 is 0 Å². The molecule has 21 heavy (non-hydrogen) atoms. The van der Waals surface area contributed by atoms with Crippen molar-refractivity contribution >= 4 is 22.5 Å². The molecule has 0 aliphatic rings. The summed E-state index contributed by atoms with van der Waals surface area (Å²) in [4.78, 5) is 0. The van der Waals surface area contributed by atoms with Gasteiger partial charge in [-0.3, -0.25) is 0 Å². The highest BCUT2D eigenvalue weighted by Crippen LogP contribution is 2.26. The van der Waals surface area contributed by atoms with Crippen molar-refractivity contribution < 1.29 is 0 Å². The molecule has 1 unspecified atom stereocenters. The van der Waals surface area contributed by atoms with Crippen LogP contribution < -0.4 is 5.73 Å². The van der Waals surface area contributed by atoms with E-state index in [2.05, 4.69) is 36.7 Å². The van der Waals surface area contributed by atoms with Crippen LogP contribution in [0.15, 0.2) is 24.4 Å². The monoisotopic (exact) mass is 306 g/mol. The van der Waals surface area contributed by atoms with Gasteiger partial charge in [0.05, 0.1) is 0 Å². The third-order valence-corrected chi connectivity index (χ3v) is 4.42. The predicted molar refractivity (Wildman–Crippen MR) is 93.1 cm³/mol. The molecule has 0 fully saturated rings. The van der Waals surface area contributed by atoms with Gasteiger partial charge in [-0.05, 0) is 37.0 Å². The van der Waals surface area contributed by atoms with E-state index in [-0.39, 0.29) is 6.04 Å². The summed E-state index contributed by atoms with van der Waals surface area (Å²) in [5.41, 5.74) is 8.74. The van der Waals surface area contributed by atoms with Crippen LogP contribution in [0, 0.1) is 0 Å². The van der Waals surface area contributed by atoms with Gasteiger partial charge in [-0.25, -0.2) is 0 Å². The van der Waals surface area contributed by atoms with Gasteiger partial charge in [0, 0.05) is 34.7 Å². The number of halogens is 1. The fraction of sp³-hybridized carbons (Fsp3) is 0.556. The summed E-state index contributed by atoms with van der Waals surface area (Å²) in [6, 6.07) is 6.43. The lowest BCUT2D eigenvalue weighted by Crippen LogP contribution is -2.21. The molecule has 1 aromatic heterocycles. The SMILES string of the molecule is CCCCCCn1cc(CC(N)CC)c2ccc(Cl)cc21. The van der Waals surface area contributed by atoms with Crippen LogP contribution >= 0.6 is 11.6 Å². The van der Waals surface area contributed by atoms with Crippen LogP contribution in [0.4, 0.5) is 0 Å². The van der Waals surface area contributed by atoms with E-state index in [9.17, 15) is 0 Å².